The number of methoxy groups -OCH3 is 1. The van der Waals surface area contributed by atoms with E-state index in [4.69, 9.17) is 4.74 Å². The van der Waals surface area contributed by atoms with Gasteiger partial charge < -0.3 is 15.4 Å². The summed E-state index contributed by atoms with van der Waals surface area (Å²) in [5.41, 5.74) is 2.38. The van der Waals surface area contributed by atoms with E-state index in [1.54, 1.807) is 14.2 Å². The van der Waals surface area contributed by atoms with Gasteiger partial charge in [0.15, 0.2) is 5.96 Å². The van der Waals surface area contributed by atoms with Gasteiger partial charge in [-0.1, -0.05) is 37.6 Å². The van der Waals surface area contributed by atoms with Crippen molar-refractivity contribution < 1.29 is 8.95 Å². The van der Waals surface area contributed by atoms with Gasteiger partial charge in [0.2, 0.25) is 0 Å². The number of benzene rings is 1. The summed E-state index contributed by atoms with van der Waals surface area (Å²) >= 11 is 0. The Labute approximate surface area is 177 Å². The Hall–Kier alpha value is -0.670. The molecule has 0 bridgehead atoms. The first kappa shape index (κ1) is 23.4. The highest BCUT2D eigenvalue weighted by atomic mass is 127. The summed E-state index contributed by atoms with van der Waals surface area (Å²) in [5.74, 6) is 1.57. The predicted octanol–water partition coefficient (Wildman–Crippen LogP) is 3.20. The van der Waals surface area contributed by atoms with Gasteiger partial charge in [-0.05, 0) is 30.4 Å². The molecule has 5 nitrogen and oxygen atoms in total. The molecular weight excluding hydrogens is 461 g/mol. The second kappa shape index (κ2) is 12.7. The van der Waals surface area contributed by atoms with Crippen LogP contribution >= 0.6 is 24.0 Å². The first-order valence-corrected chi connectivity index (χ1v) is 10.5. The zero-order valence-corrected chi connectivity index (χ0v) is 19.1. The van der Waals surface area contributed by atoms with Crippen molar-refractivity contribution in [3.05, 3.63) is 35.4 Å². The summed E-state index contributed by atoms with van der Waals surface area (Å²) < 4.78 is 17.2. The van der Waals surface area contributed by atoms with Crippen molar-refractivity contribution in [1.29, 1.82) is 0 Å². The minimum atomic E-state index is -0.699. The molecule has 2 rings (SSSR count). The molecule has 1 aliphatic rings. The van der Waals surface area contributed by atoms with Crippen LogP contribution in [0.5, 0.6) is 0 Å². The Morgan fingerprint density at radius 2 is 1.96 bits per heavy atom. The maximum Gasteiger partial charge on any atom is 0.191 e. The quantitative estimate of drug-likeness (QED) is 0.348. The van der Waals surface area contributed by atoms with Crippen LogP contribution in [0.4, 0.5) is 0 Å². The molecule has 0 radical (unpaired) electrons. The van der Waals surface area contributed by atoms with Crippen molar-refractivity contribution >= 4 is 40.7 Å². The van der Waals surface area contributed by atoms with E-state index in [1.807, 2.05) is 6.92 Å². The molecule has 1 aromatic rings. The minimum Gasteiger partial charge on any atom is -0.380 e. The van der Waals surface area contributed by atoms with Crippen molar-refractivity contribution in [1.82, 2.24) is 10.6 Å². The first-order chi connectivity index (χ1) is 12.2. The van der Waals surface area contributed by atoms with E-state index >= 15 is 0 Å². The number of guanidine groups is 1. The van der Waals surface area contributed by atoms with Crippen LogP contribution in [0.1, 0.15) is 43.7 Å². The van der Waals surface area contributed by atoms with Crippen molar-refractivity contribution in [3.63, 3.8) is 0 Å². The molecule has 0 spiro atoms. The predicted molar refractivity (Wildman–Crippen MR) is 121 cm³/mol. The standard InChI is InChI=1S/C19H31N3O2S.HI/c1-4-25(23)18-7-5-6-17(12-18)22-19(20-2)21-13-15-8-10-16(11-9-15)14-24-3;/h8-11,17-18H,4-7,12-14H2,1-3H3,(H2,20,21,22);1H. The first-order valence-electron chi connectivity index (χ1n) is 9.07. The number of aliphatic imine (C=N–C) groups is 1. The molecule has 1 aromatic carbocycles. The number of hydrogen-bond acceptors (Lipinski definition) is 3. The third-order valence-electron chi connectivity index (χ3n) is 4.64. The van der Waals surface area contributed by atoms with Gasteiger partial charge in [0.25, 0.3) is 0 Å². The highest BCUT2D eigenvalue weighted by molar-refractivity contribution is 14.0. The Bertz CT molecular complexity index is 581. The van der Waals surface area contributed by atoms with E-state index in [9.17, 15) is 4.21 Å². The summed E-state index contributed by atoms with van der Waals surface area (Å²) in [4.78, 5) is 4.33. The van der Waals surface area contributed by atoms with E-state index < -0.39 is 10.8 Å². The highest BCUT2D eigenvalue weighted by Crippen LogP contribution is 2.23. The Balaban J connectivity index is 0.00000338. The van der Waals surface area contributed by atoms with Gasteiger partial charge in [-0.3, -0.25) is 9.20 Å². The lowest BCUT2D eigenvalue weighted by atomic mass is 9.95. The van der Waals surface area contributed by atoms with Gasteiger partial charge in [-0.2, -0.15) is 0 Å². The molecule has 0 heterocycles. The zero-order chi connectivity index (χ0) is 18.1. The van der Waals surface area contributed by atoms with Crippen LogP contribution < -0.4 is 10.6 Å². The summed E-state index contributed by atoms with van der Waals surface area (Å²) in [6.45, 7) is 3.37. The Morgan fingerprint density at radius 1 is 1.27 bits per heavy atom. The van der Waals surface area contributed by atoms with E-state index in [2.05, 4.69) is 39.9 Å². The van der Waals surface area contributed by atoms with Crippen LogP contribution in [-0.4, -0.2) is 41.4 Å². The van der Waals surface area contributed by atoms with Crippen LogP contribution in [0.25, 0.3) is 0 Å². The fraction of sp³-hybridized carbons (Fsp3) is 0.632. The third kappa shape index (κ3) is 7.52. The van der Waals surface area contributed by atoms with Gasteiger partial charge in [0.05, 0.1) is 6.61 Å². The summed E-state index contributed by atoms with van der Waals surface area (Å²) in [6.07, 6.45) is 4.29. The largest absolute Gasteiger partial charge is 0.380 e. The smallest absolute Gasteiger partial charge is 0.191 e. The Kier molecular flexibility index (Phi) is 11.4. The topological polar surface area (TPSA) is 62.7 Å². The molecule has 7 heteroatoms. The third-order valence-corrected chi connectivity index (χ3v) is 6.38. The maximum atomic E-state index is 12.1. The molecule has 3 atom stereocenters. The van der Waals surface area contributed by atoms with Crippen molar-refractivity contribution in [3.8, 4) is 0 Å². The van der Waals surface area contributed by atoms with Crippen LogP contribution in [0.2, 0.25) is 0 Å². The molecular formula is C19H32IN3O2S. The lowest BCUT2D eigenvalue weighted by molar-refractivity contribution is 0.185. The van der Waals surface area contributed by atoms with Crippen LogP contribution in [0.3, 0.4) is 0 Å². The monoisotopic (exact) mass is 493 g/mol. The van der Waals surface area contributed by atoms with Crippen LogP contribution in [0.15, 0.2) is 29.3 Å². The summed E-state index contributed by atoms with van der Waals surface area (Å²) in [5, 5.41) is 7.20. The van der Waals surface area contributed by atoms with E-state index in [-0.39, 0.29) is 24.0 Å². The molecule has 1 fully saturated rings. The lowest BCUT2D eigenvalue weighted by Gasteiger charge is -2.30. The average Bonchev–Trinajstić information content (AvgIpc) is 2.66. The second-order valence-electron chi connectivity index (χ2n) is 6.47. The van der Waals surface area contributed by atoms with E-state index in [1.165, 1.54) is 11.1 Å². The molecule has 0 amide bonds. The maximum absolute atomic E-state index is 12.1. The average molecular weight is 493 g/mol. The van der Waals surface area contributed by atoms with Crippen LogP contribution in [0, 0.1) is 0 Å². The van der Waals surface area contributed by atoms with Gasteiger partial charge in [-0.15, -0.1) is 24.0 Å². The molecule has 0 aromatic heterocycles. The van der Waals surface area contributed by atoms with E-state index in [0.717, 1.165) is 43.9 Å². The minimum absolute atomic E-state index is 0. The summed E-state index contributed by atoms with van der Waals surface area (Å²) in [6, 6.07) is 8.74. The number of hydrogen-bond donors (Lipinski definition) is 2. The number of nitrogens with zero attached hydrogens (tertiary/aromatic N) is 1. The SMILES string of the molecule is CCS(=O)C1CCCC(NC(=NC)NCc2ccc(COC)cc2)C1.I. The molecule has 1 saturated carbocycles. The van der Waals surface area contributed by atoms with Gasteiger partial charge >= 0.3 is 0 Å². The molecule has 26 heavy (non-hydrogen) atoms. The normalized spacial score (nSPS) is 21.6. The molecule has 1 aliphatic carbocycles. The summed E-state index contributed by atoms with van der Waals surface area (Å²) in [7, 11) is 2.80. The zero-order valence-electron chi connectivity index (χ0n) is 16.0. The molecule has 148 valence electrons. The van der Waals surface area contributed by atoms with Gasteiger partial charge in [0, 0.05) is 48.5 Å². The molecule has 3 unspecified atom stereocenters. The van der Waals surface area contributed by atoms with Crippen molar-refractivity contribution in [2.45, 2.75) is 57.1 Å². The van der Waals surface area contributed by atoms with Gasteiger partial charge in [0.1, 0.15) is 0 Å². The molecule has 0 saturated heterocycles. The number of rotatable bonds is 7. The number of halogens is 1. The fourth-order valence-electron chi connectivity index (χ4n) is 3.24. The Morgan fingerprint density at radius 3 is 2.58 bits per heavy atom. The number of nitrogens with one attached hydrogen (secondary N) is 2. The van der Waals surface area contributed by atoms with Crippen molar-refractivity contribution in [2.75, 3.05) is 19.9 Å². The molecule has 0 aliphatic heterocycles. The van der Waals surface area contributed by atoms with Crippen molar-refractivity contribution in [2.24, 2.45) is 4.99 Å². The highest BCUT2D eigenvalue weighted by Gasteiger charge is 2.25. The fourth-order valence-corrected chi connectivity index (χ4v) is 4.59. The van der Waals surface area contributed by atoms with Crippen LogP contribution in [-0.2, 0) is 28.7 Å². The molecule has 2 N–H and O–H groups in total. The second-order valence-corrected chi connectivity index (χ2v) is 8.48. The van der Waals surface area contributed by atoms with Gasteiger partial charge in [-0.25, -0.2) is 0 Å². The number of ether oxygens (including phenoxy) is 1. The van der Waals surface area contributed by atoms with E-state index in [0.29, 0.717) is 17.9 Å². The lowest BCUT2D eigenvalue weighted by Crippen LogP contribution is -2.46.